The number of carbonyl (C=O) groups is 2. The van der Waals surface area contributed by atoms with Crippen LogP contribution in [0.5, 0.6) is 0 Å². The van der Waals surface area contributed by atoms with E-state index >= 15 is 0 Å². The summed E-state index contributed by atoms with van der Waals surface area (Å²) in [7, 11) is 0. The van der Waals surface area contributed by atoms with Crippen molar-refractivity contribution in [3.8, 4) is 0 Å². The molecule has 4 heteroatoms. The van der Waals surface area contributed by atoms with Crippen molar-refractivity contribution in [2.75, 3.05) is 4.90 Å². The van der Waals surface area contributed by atoms with Gasteiger partial charge in [0.15, 0.2) is 0 Å². The van der Waals surface area contributed by atoms with Crippen molar-refractivity contribution in [3.05, 3.63) is 29.8 Å². The molecule has 1 heterocycles. The fraction of sp³-hybridized carbons (Fsp3) is 0.200. The van der Waals surface area contributed by atoms with Crippen LogP contribution in [0.1, 0.15) is 5.56 Å². The molecule has 1 aliphatic rings. The standard InChI is InChI=1S/C10H9NO3/c12-6-8-5-7-3-1-2-4-9(7)11(8)10(13)14/h1-4,6,8H,5H2,(H,13,14). The monoisotopic (exact) mass is 191 g/mol. The summed E-state index contributed by atoms with van der Waals surface area (Å²) >= 11 is 0. The van der Waals surface area contributed by atoms with E-state index < -0.39 is 12.1 Å². The number of carbonyl (C=O) groups excluding carboxylic acids is 1. The van der Waals surface area contributed by atoms with Crippen LogP contribution < -0.4 is 4.90 Å². The van der Waals surface area contributed by atoms with Gasteiger partial charge in [0.05, 0.1) is 11.7 Å². The van der Waals surface area contributed by atoms with E-state index in [0.29, 0.717) is 18.4 Å². The number of amides is 1. The third kappa shape index (κ3) is 1.16. The van der Waals surface area contributed by atoms with Gasteiger partial charge < -0.3 is 9.90 Å². The Bertz CT molecular complexity index is 389. The predicted molar refractivity (Wildman–Crippen MR) is 50.5 cm³/mol. The Morgan fingerprint density at radius 2 is 2.21 bits per heavy atom. The topological polar surface area (TPSA) is 57.6 Å². The van der Waals surface area contributed by atoms with Crippen LogP contribution in [0.15, 0.2) is 24.3 Å². The van der Waals surface area contributed by atoms with E-state index in [0.717, 1.165) is 10.5 Å². The average Bonchev–Trinajstić information content (AvgIpc) is 2.55. The Labute approximate surface area is 80.8 Å². The third-order valence-corrected chi connectivity index (χ3v) is 2.38. The van der Waals surface area contributed by atoms with E-state index in [-0.39, 0.29) is 0 Å². The molecule has 0 fully saturated rings. The lowest BCUT2D eigenvalue weighted by molar-refractivity contribution is -0.108. The molecule has 1 aromatic rings. The molecule has 1 amide bonds. The number of benzene rings is 1. The highest BCUT2D eigenvalue weighted by Crippen LogP contribution is 2.30. The number of rotatable bonds is 1. The first kappa shape index (κ1) is 8.74. The molecule has 0 bridgehead atoms. The maximum Gasteiger partial charge on any atom is 0.412 e. The summed E-state index contributed by atoms with van der Waals surface area (Å²) in [4.78, 5) is 22.7. The summed E-state index contributed by atoms with van der Waals surface area (Å²) in [6, 6.07) is 6.60. The van der Waals surface area contributed by atoms with Gasteiger partial charge in [0.2, 0.25) is 0 Å². The summed E-state index contributed by atoms with van der Waals surface area (Å²) in [5.74, 6) is 0. The van der Waals surface area contributed by atoms with E-state index in [4.69, 9.17) is 5.11 Å². The Hall–Kier alpha value is -1.84. The number of aldehydes is 1. The lowest BCUT2D eigenvalue weighted by Crippen LogP contribution is -2.37. The number of carboxylic acid groups (broad SMARTS) is 1. The van der Waals surface area contributed by atoms with Gasteiger partial charge in [-0.3, -0.25) is 4.90 Å². The second-order valence-corrected chi connectivity index (χ2v) is 3.19. The SMILES string of the molecule is O=CC1Cc2ccccc2N1C(=O)O. The largest absolute Gasteiger partial charge is 0.465 e. The van der Waals surface area contributed by atoms with Gasteiger partial charge in [0.25, 0.3) is 0 Å². The van der Waals surface area contributed by atoms with Crippen LogP contribution in [0.25, 0.3) is 0 Å². The van der Waals surface area contributed by atoms with E-state index in [2.05, 4.69) is 0 Å². The van der Waals surface area contributed by atoms with Gasteiger partial charge in [-0.1, -0.05) is 18.2 Å². The predicted octanol–water partition coefficient (Wildman–Crippen LogP) is 1.29. The summed E-state index contributed by atoms with van der Waals surface area (Å²) < 4.78 is 0. The zero-order valence-corrected chi connectivity index (χ0v) is 7.38. The quantitative estimate of drug-likeness (QED) is 0.680. The van der Waals surface area contributed by atoms with Gasteiger partial charge in [-0.2, -0.15) is 0 Å². The maximum atomic E-state index is 10.9. The number of hydrogen-bond donors (Lipinski definition) is 1. The van der Waals surface area contributed by atoms with Crippen LogP contribution in [0.3, 0.4) is 0 Å². The zero-order chi connectivity index (χ0) is 10.1. The minimum atomic E-state index is -1.08. The van der Waals surface area contributed by atoms with Crippen molar-refractivity contribution >= 4 is 18.1 Å². The molecule has 0 saturated heterocycles. The second kappa shape index (κ2) is 3.14. The molecule has 1 atom stereocenters. The second-order valence-electron chi connectivity index (χ2n) is 3.19. The molecule has 1 unspecified atom stereocenters. The Balaban J connectivity index is 2.47. The Kier molecular flexibility index (Phi) is 1.96. The highest BCUT2D eigenvalue weighted by molar-refractivity contribution is 5.94. The van der Waals surface area contributed by atoms with Crippen LogP contribution in [-0.2, 0) is 11.2 Å². The van der Waals surface area contributed by atoms with Crippen molar-refractivity contribution in [3.63, 3.8) is 0 Å². The normalized spacial score (nSPS) is 19.1. The lowest BCUT2D eigenvalue weighted by atomic mass is 10.1. The summed E-state index contributed by atoms with van der Waals surface area (Å²) in [5, 5.41) is 8.93. The number of para-hydroxylation sites is 1. The van der Waals surface area contributed by atoms with Crippen molar-refractivity contribution in [2.45, 2.75) is 12.5 Å². The van der Waals surface area contributed by atoms with E-state index in [1.54, 1.807) is 12.1 Å². The molecule has 72 valence electrons. The number of fused-ring (bicyclic) bond motifs is 1. The summed E-state index contributed by atoms with van der Waals surface area (Å²) in [6.07, 6.45) is 0.0761. The Morgan fingerprint density at radius 1 is 1.50 bits per heavy atom. The van der Waals surface area contributed by atoms with Crippen LogP contribution in [0.2, 0.25) is 0 Å². The maximum absolute atomic E-state index is 10.9. The molecule has 1 N–H and O–H groups in total. The van der Waals surface area contributed by atoms with Gasteiger partial charge in [0.1, 0.15) is 6.29 Å². The summed E-state index contributed by atoms with van der Waals surface area (Å²) in [6.45, 7) is 0. The van der Waals surface area contributed by atoms with E-state index in [1.807, 2.05) is 12.1 Å². The first-order valence-electron chi connectivity index (χ1n) is 4.29. The van der Waals surface area contributed by atoms with Crippen LogP contribution >= 0.6 is 0 Å². The van der Waals surface area contributed by atoms with Gasteiger partial charge >= 0.3 is 6.09 Å². The van der Waals surface area contributed by atoms with E-state index in [9.17, 15) is 9.59 Å². The fourth-order valence-corrected chi connectivity index (χ4v) is 1.77. The molecule has 0 aromatic heterocycles. The lowest BCUT2D eigenvalue weighted by Gasteiger charge is -2.17. The molecule has 1 aromatic carbocycles. The van der Waals surface area contributed by atoms with Crippen molar-refractivity contribution in [1.82, 2.24) is 0 Å². The number of nitrogens with zero attached hydrogens (tertiary/aromatic N) is 1. The number of hydrogen-bond acceptors (Lipinski definition) is 2. The molecule has 1 aliphatic heterocycles. The highest BCUT2D eigenvalue weighted by atomic mass is 16.4. The van der Waals surface area contributed by atoms with Crippen LogP contribution in [-0.4, -0.2) is 23.5 Å². The molecule has 0 aliphatic carbocycles. The van der Waals surface area contributed by atoms with Crippen molar-refractivity contribution < 1.29 is 14.7 Å². The summed E-state index contributed by atoms with van der Waals surface area (Å²) in [5.41, 5.74) is 1.53. The first-order chi connectivity index (χ1) is 6.74. The molecule has 4 nitrogen and oxygen atoms in total. The molecule has 14 heavy (non-hydrogen) atoms. The first-order valence-corrected chi connectivity index (χ1v) is 4.29. The molecule has 0 radical (unpaired) electrons. The highest BCUT2D eigenvalue weighted by Gasteiger charge is 2.32. The number of anilines is 1. The van der Waals surface area contributed by atoms with Gasteiger partial charge in [-0.05, 0) is 11.6 Å². The van der Waals surface area contributed by atoms with Crippen LogP contribution in [0.4, 0.5) is 10.5 Å². The zero-order valence-electron chi connectivity index (χ0n) is 7.38. The molecule has 2 rings (SSSR count). The minimum absolute atomic E-state index is 0.478. The molecular weight excluding hydrogens is 182 g/mol. The van der Waals surface area contributed by atoms with Crippen molar-refractivity contribution in [2.24, 2.45) is 0 Å². The van der Waals surface area contributed by atoms with Gasteiger partial charge in [-0.25, -0.2) is 4.79 Å². The smallest absolute Gasteiger partial charge is 0.412 e. The molecule has 0 spiro atoms. The van der Waals surface area contributed by atoms with Crippen molar-refractivity contribution in [1.29, 1.82) is 0 Å². The van der Waals surface area contributed by atoms with Crippen LogP contribution in [0, 0.1) is 0 Å². The van der Waals surface area contributed by atoms with E-state index in [1.165, 1.54) is 0 Å². The fourth-order valence-electron chi connectivity index (χ4n) is 1.77. The van der Waals surface area contributed by atoms with Gasteiger partial charge in [-0.15, -0.1) is 0 Å². The third-order valence-electron chi connectivity index (χ3n) is 2.38. The minimum Gasteiger partial charge on any atom is -0.465 e. The Morgan fingerprint density at radius 3 is 2.86 bits per heavy atom. The average molecular weight is 191 g/mol. The molecule has 0 saturated carbocycles. The van der Waals surface area contributed by atoms with Gasteiger partial charge in [0, 0.05) is 6.42 Å². The molecular formula is C10H9NO3.